The predicted octanol–water partition coefficient (Wildman–Crippen LogP) is 3.50. The average Bonchev–Trinajstić information content (AvgIpc) is 2.72. The van der Waals surface area contributed by atoms with Crippen molar-refractivity contribution in [2.24, 2.45) is 0 Å². The molecule has 1 aromatic heterocycles. The number of anilines is 1. The number of benzene rings is 2. The molecule has 146 valence electrons. The summed E-state index contributed by atoms with van der Waals surface area (Å²) in [6.07, 6.45) is 1.97. The fourth-order valence-electron chi connectivity index (χ4n) is 2.70. The van der Waals surface area contributed by atoms with Crippen molar-refractivity contribution in [1.29, 1.82) is 0 Å². The smallest absolute Gasteiger partial charge is 0.262 e. The second kappa shape index (κ2) is 9.77. The maximum atomic E-state index is 12.8. The highest BCUT2D eigenvalue weighted by Crippen LogP contribution is 2.25. The van der Waals surface area contributed by atoms with Crippen LogP contribution in [0.3, 0.4) is 0 Å². The maximum Gasteiger partial charge on any atom is 0.262 e. The molecule has 0 aliphatic heterocycles. The lowest BCUT2D eigenvalue weighted by Crippen LogP contribution is -2.26. The molecule has 0 radical (unpaired) electrons. The second-order valence-electron chi connectivity index (χ2n) is 5.90. The summed E-state index contributed by atoms with van der Waals surface area (Å²) in [5.41, 5.74) is 1.28. The van der Waals surface area contributed by atoms with Crippen LogP contribution in [0.2, 0.25) is 0 Å². The first kappa shape index (κ1) is 20.4. The number of carbonyl (C=O) groups is 1. The van der Waals surface area contributed by atoms with Gasteiger partial charge in [0, 0.05) is 12.0 Å². The molecule has 8 heteroatoms. The van der Waals surface area contributed by atoms with Gasteiger partial charge in [-0.1, -0.05) is 36.0 Å². The normalized spacial score (nSPS) is 10.9. The summed E-state index contributed by atoms with van der Waals surface area (Å²) < 4.78 is 6.69. The Kier molecular flexibility index (Phi) is 7.13. The summed E-state index contributed by atoms with van der Waals surface area (Å²) in [7, 11) is 1.59. The number of nitrogens with one attached hydrogen (secondary N) is 1. The molecule has 0 aliphatic rings. The second-order valence-corrected chi connectivity index (χ2v) is 7.69. The van der Waals surface area contributed by atoms with Crippen LogP contribution in [0.15, 0.2) is 63.4 Å². The minimum atomic E-state index is -0.146. The third-order valence-corrected chi connectivity index (χ3v) is 5.83. The summed E-state index contributed by atoms with van der Waals surface area (Å²) in [6, 6.07) is 14.9. The van der Waals surface area contributed by atoms with Gasteiger partial charge in [0.1, 0.15) is 0 Å². The van der Waals surface area contributed by atoms with E-state index in [2.05, 4.69) is 10.3 Å². The Morgan fingerprint density at radius 2 is 1.93 bits per heavy atom. The minimum absolute atomic E-state index is 0.127. The SMILES string of the molecule is COCCn1c(SCC(=O)Nc2ccccc2SC)nc2ccccc2c1=O. The van der Waals surface area contributed by atoms with Gasteiger partial charge in [-0.05, 0) is 30.5 Å². The zero-order chi connectivity index (χ0) is 19.9. The van der Waals surface area contributed by atoms with E-state index in [1.165, 1.54) is 11.8 Å². The van der Waals surface area contributed by atoms with Gasteiger partial charge in [-0.3, -0.25) is 14.2 Å². The first-order valence-corrected chi connectivity index (χ1v) is 10.9. The molecule has 2 aromatic carbocycles. The van der Waals surface area contributed by atoms with Crippen LogP contribution in [0.25, 0.3) is 10.9 Å². The van der Waals surface area contributed by atoms with Crippen molar-refractivity contribution in [3.63, 3.8) is 0 Å². The minimum Gasteiger partial charge on any atom is -0.383 e. The van der Waals surface area contributed by atoms with E-state index in [0.29, 0.717) is 29.2 Å². The van der Waals surface area contributed by atoms with Crippen molar-refractivity contribution in [3.8, 4) is 0 Å². The van der Waals surface area contributed by atoms with E-state index in [-0.39, 0.29) is 17.2 Å². The number of rotatable bonds is 8. The van der Waals surface area contributed by atoms with Gasteiger partial charge in [0.05, 0.1) is 35.5 Å². The Hall–Kier alpha value is -2.29. The quantitative estimate of drug-likeness (QED) is 0.448. The maximum absolute atomic E-state index is 12.8. The van der Waals surface area contributed by atoms with Gasteiger partial charge in [-0.2, -0.15) is 0 Å². The molecule has 0 aliphatic carbocycles. The summed E-state index contributed by atoms with van der Waals surface area (Å²) in [5.74, 6) is 0.00714. The molecule has 0 unspecified atom stereocenters. The fraction of sp³-hybridized carbons (Fsp3) is 0.250. The van der Waals surface area contributed by atoms with Gasteiger partial charge in [-0.15, -0.1) is 11.8 Å². The Morgan fingerprint density at radius 1 is 1.18 bits per heavy atom. The highest BCUT2D eigenvalue weighted by molar-refractivity contribution is 7.99. The van der Waals surface area contributed by atoms with Gasteiger partial charge in [0.2, 0.25) is 5.91 Å². The highest BCUT2D eigenvalue weighted by atomic mass is 32.2. The molecule has 0 saturated heterocycles. The summed E-state index contributed by atoms with van der Waals surface area (Å²) >= 11 is 2.82. The Morgan fingerprint density at radius 3 is 2.71 bits per heavy atom. The molecule has 3 rings (SSSR count). The number of fused-ring (bicyclic) bond motifs is 1. The van der Waals surface area contributed by atoms with E-state index in [1.54, 1.807) is 35.6 Å². The molecular weight excluding hydrogens is 394 g/mol. The van der Waals surface area contributed by atoms with E-state index < -0.39 is 0 Å². The molecule has 1 N–H and O–H groups in total. The predicted molar refractivity (Wildman–Crippen MR) is 115 cm³/mol. The van der Waals surface area contributed by atoms with Crippen LogP contribution < -0.4 is 10.9 Å². The van der Waals surface area contributed by atoms with E-state index >= 15 is 0 Å². The van der Waals surface area contributed by atoms with E-state index in [4.69, 9.17) is 4.74 Å². The number of ether oxygens (including phenoxy) is 1. The molecule has 28 heavy (non-hydrogen) atoms. The molecule has 3 aromatic rings. The summed E-state index contributed by atoms with van der Waals surface area (Å²) in [4.78, 5) is 30.9. The van der Waals surface area contributed by atoms with E-state index in [0.717, 1.165) is 10.6 Å². The van der Waals surface area contributed by atoms with Crippen LogP contribution in [-0.2, 0) is 16.1 Å². The monoisotopic (exact) mass is 415 g/mol. The number of amides is 1. The van der Waals surface area contributed by atoms with Crippen LogP contribution in [0, 0.1) is 0 Å². The number of thioether (sulfide) groups is 2. The number of para-hydroxylation sites is 2. The molecule has 6 nitrogen and oxygen atoms in total. The fourth-order valence-corrected chi connectivity index (χ4v) is 4.08. The topological polar surface area (TPSA) is 73.2 Å². The summed E-state index contributed by atoms with van der Waals surface area (Å²) in [6.45, 7) is 0.771. The van der Waals surface area contributed by atoms with Crippen molar-refractivity contribution >= 4 is 46.0 Å². The lowest BCUT2D eigenvalue weighted by Gasteiger charge is -2.13. The highest BCUT2D eigenvalue weighted by Gasteiger charge is 2.14. The van der Waals surface area contributed by atoms with Gasteiger partial charge in [0.25, 0.3) is 5.56 Å². The van der Waals surface area contributed by atoms with Crippen LogP contribution in [0.1, 0.15) is 0 Å². The van der Waals surface area contributed by atoms with Crippen molar-refractivity contribution in [1.82, 2.24) is 9.55 Å². The van der Waals surface area contributed by atoms with Crippen molar-refractivity contribution in [2.45, 2.75) is 16.6 Å². The van der Waals surface area contributed by atoms with Crippen molar-refractivity contribution in [2.75, 3.05) is 31.0 Å². The Bertz CT molecular complexity index is 1040. The molecular formula is C20H21N3O3S2. The number of methoxy groups -OCH3 is 1. The van der Waals surface area contributed by atoms with Gasteiger partial charge < -0.3 is 10.1 Å². The van der Waals surface area contributed by atoms with Gasteiger partial charge in [-0.25, -0.2) is 4.98 Å². The first-order chi connectivity index (χ1) is 13.6. The van der Waals surface area contributed by atoms with E-state index in [9.17, 15) is 9.59 Å². The van der Waals surface area contributed by atoms with Gasteiger partial charge in [0.15, 0.2) is 5.16 Å². The third-order valence-electron chi connectivity index (χ3n) is 4.06. The number of hydrogen-bond acceptors (Lipinski definition) is 6. The largest absolute Gasteiger partial charge is 0.383 e. The van der Waals surface area contributed by atoms with Crippen LogP contribution >= 0.6 is 23.5 Å². The van der Waals surface area contributed by atoms with Crippen LogP contribution in [-0.4, -0.2) is 41.2 Å². The molecule has 0 spiro atoms. The summed E-state index contributed by atoms with van der Waals surface area (Å²) in [5, 5.41) is 3.99. The number of hydrogen-bond donors (Lipinski definition) is 1. The van der Waals surface area contributed by atoms with Crippen molar-refractivity contribution < 1.29 is 9.53 Å². The molecule has 0 bridgehead atoms. The lowest BCUT2D eigenvalue weighted by molar-refractivity contribution is -0.113. The Balaban J connectivity index is 1.81. The van der Waals surface area contributed by atoms with Gasteiger partial charge >= 0.3 is 0 Å². The average molecular weight is 416 g/mol. The number of carbonyl (C=O) groups excluding carboxylic acids is 1. The molecule has 0 fully saturated rings. The Labute approximate surface area is 171 Å². The lowest BCUT2D eigenvalue weighted by atomic mass is 10.2. The zero-order valence-corrected chi connectivity index (χ0v) is 17.3. The standard InChI is InChI=1S/C20H21N3O3S2/c1-26-12-11-23-19(25)14-7-3-4-8-15(14)22-20(23)28-13-18(24)21-16-9-5-6-10-17(16)27-2/h3-10H,11-13H2,1-2H3,(H,21,24). The van der Waals surface area contributed by atoms with Crippen LogP contribution in [0.4, 0.5) is 5.69 Å². The number of nitrogens with zero attached hydrogens (tertiary/aromatic N) is 2. The molecule has 1 amide bonds. The molecule has 0 atom stereocenters. The van der Waals surface area contributed by atoms with Crippen molar-refractivity contribution in [3.05, 3.63) is 58.9 Å². The first-order valence-electron chi connectivity index (χ1n) is 8.68. The zero-order valence-electron chi connectivity index (χ0n) is 15.7. The number of aromatic nitrogens is 2. The van der Waals surface area contributed by atoms with Crippen LogP contribution in [0.5, 0.6) is 0 Å². The molecule has 0 saturated carbocycles. The molecule has 1 heterocycles. The third kappa shape index (κ3) is 4.76. The van der Waals surface area contributed by atoms with E-state index in [1.807, 2.05) is 42.7 Å².